The Morgan fingerprint density at radius 3 is 2.64 bits per heavy atom. The van der Waals surface area contributed by atoms with Crippen molar-refractivity contribution in [3.63, 3.8) is 0 Å². The van der Waals surface area contributed by atoms with Crippen molar-refractivity contribution < 1.29 is 24.4 Å². The van der Waals surface area contributed by atoms with Crippen LogP contribution in [-0.4, -0.2) is 40.2 Å². The van der Waals surface area contributed by atoms with Crippen molar-refractivity contribution in [1.29, 1.82) is 0 Å². The number of halogens is 1. The molecular weight excluding hydrogens is 379 g/mol. The molecule has 4 atom stereocenters. The highest BCUT2D eigenvalue weighted by atomic mass is 32.1. The molecule has 0 radical (unpaired) electrons. The molecule has 0 spiro atoms. The largest absolute Gasteiger partial charge is 0.393 e. The van der Waals surface area contributed by atoms with Gasteiger partial charge in [0, 0.05) is 28.8 Å². The number of thiophene rings is 1. The normalized spacial score (nSPS) is 26.1. The Morgan fingerprint density at radius 1 is 1.00 bits per heavy atom. The second-order valence-corrected chi connectivity index (χ2v) is 8.55. The summed E-state index contributed by atoms with van der Waals surface area (Å²) < 4.78 is 21.3. The maximum absolute atomic E-state index is 14.5. The van der Waals surface area contributed by atoms with E-state index in [0.29, 0.717) is 17.5 Å². The fraction of sp³-hybridized carbons (Fsp3) is 0.364. The highest BCUT2D eigenvalue weighted by Gasteiger charge is 2.29. The molecule has 28 heavy (non-hydrogen) atoms. The molecule has 2 aromatic carbocycles. The van der Waals surface area contributed by atoms with Gasteiger partial charge in [0.25, 0.3) is 0 Å². The van der Waals surface area contributed by atoms with E-state index >= 15 is 0 Å². The van der Waals surface area contributed by atoms with Gasteiger partial charge in [0.2, 0.25) is 0 Å². The average Bonchev–Trinajstić information content (AvgIpc) is 3.05. The minimum absolute atomic E-state index is 0.0157. The zero-order chi connectivity index (χ0) is 19.7. The van der Waals surface area contributed by atoms with E-state index in [1.54, 1.807) is 23.5 Å². The standard InChI is InChI=1S/C22H23FO4S/c23-19-6-5-14(22-20(26)11-16(24)10-17(25)12-27-22)7-15(19)9-18-8-13-3-1-2-4-21(13)28-18/h1-8,16-17,20,22,24-26H,9-12H2. The minimum Gasteiger partial charge on any atom is -0.393 e. The Bertz CT molecular complexity index is 924. The first-order valence-corrected chi connectivity index (χ1v) is 10.2. The molecule has 1 aliphatic rings. The molecule has 1 fully saturated rings. The minimum atomic E-state index is -0.926. The Morgan fingerprint density at radius 2 is 1.82 bits per heavy atom. The van der Waals surface area contributed by atoms with E-state index in [9.17, 15) is 19.7 Å². The van der Waals surface area contributed by atoms with Gasteiger partial charge in [0.1, 0.15) is 11.9 Å². The monoisotopic (exact) mass is 402 g/mol. The molecule has 1 saturated heterocycles. The maximum Gasteiger partial charge on any atom is 0.126 e. The lowest BCUT2D eigenvalue weighted by Crippen LogP contribution is -2.34. The lowest BCUT2D eigenvalue weighted by atomic mass is 9.94. The summed E-state index contributed by atoms with van der Waals surface area (Å²) in [7, 11) is 0. The SMILES string of the molecule is OC1COC(c2ccc(F)c(Cc3cc4ccccc4s3)c2)C(O)CC(O)C1. The van der Waals surface area contributed by atoms with Crippen LogP contribution < -0.4 is 0 Å². The summed E-state index contributed by atoms with van der Waals surface area (Å²) >= 11 is 1.64. The van der Waals surface area contributed by atoms with E-state index in [0.717, 1.165) is 15.0 Å². The predicted octanol–water partition coefficient (Wildman–Crippen LogP) is 3.57. The van der Waals surface area contributed by atoms with E-state index in [1.807, 2.05) is 24.3 Å². The second kappa shape index (κ2) is 8.27. The summed E-state index contributed by atoms with van der Waals surface area (Å²) in [6.07, 6.45) is -2.50. The van der Waals surface area contributed by atoms with Crippen molar-refractivity contribution in [3.05, 3.63) is 70.4 Å². The summed E-state index contributed by atoms with van der Waals surface area (Å²) in [5.74, 6) is -0.304. The summed E-state index contributed by atoms with van der Waals surface area (Å²) in [5.41, 5.74) is 1.18. The van der Waals surface area contributed by atoms with Crippen LogP contribution in [0.1, 0.15) is 34.9 Å². The number of fused-ring (bicyclic) bond motifs is 1. The smallest absolute Gasteiger partial charge is 0.126 e. The third-order valence-electron chi connectivity index (χ3n) is 5.11. The van der Waals surface area contributed by atoms with Crippen molar-refractivity contribution in [1.82, 2.24) is 0 Å². The van der Waals surface area contributed by atoms with E-state index in [2.05, 4.69) is 6.07 Å². The number of hydrogen-bond donors (Lipinski definition) is 3. The Balaban J connectivity index is 1.60. The second-order valence-electron chi connectivity index (χ2n) is 7.38. The fourth-order valence-corrected chi connectivity index (χ4v) is 4.83. The topological polar surface area (TPSA) is 69.9 Å². The molecule has 4 rings (SSSR count). The van der Waals surface area contributed by atoms with E-state index in [1.165, 1.54) is 6.07 Å². The Labute approximate surface area is 166 Å². The maximum atomic E-state index is 14.5. The summed E-state index contributed by atoms with van der Waals surface area (Å²) in [6, 6.07) is 14.8. The van der Waals surface area contributed by atoms with Gasteiger partial charge in [0.05, 0.1) is 24.9 Å². The molecule has 0 amide bonds. The molecule has 4 nitrogen and oxygen atoms in total. The molecule has 3 N–H and O–H groups in total. The van der Waals surface area contributed by atoms with E-state index < -0.39 is 24.4 Å². The molecule has 1 aliphatic heterocycles. The van der Waals surface area contributed by atoms with Gasteiger partial charge < -0.3 is 20.1 Å². The van der Waals surface area contributed by atoms with Crippen molar-refractivity contribution in [3.8, 4) is 0 Å². The van der Waals surface area contributed by atoms with Gasteiger partial charge in [-0.1, -0.05) is 24.3 Å². The number of rotatable bonds is 3. The first-order chi connectivity index (χ1) is 13.5. The molecule has 0 aliphatic carbocycles. The van der Waals surface area contributed by atoms with Gasteiger partial charge in [-0.3, -0.25) is 0 Å². The highest BCUT2D eigenvalue weighted by Crippen LogP contribution is 2.31. The van der Waals surface area contributed by atoms with E-state index in [4.69, 9.17) is 4.74 Å². The molecular formula is C22H23FO4S. The molecule has 1 aromatic heterocycles. The zero-order valence-electron chi connectivity index (χ0n) is 15.3. The predicted molar refractivity (Wildman–Crippen MR) is 107 cm³/mol. The first kappa shape index (κ1) is 19.5. The number of ether oxygens (including phenoxy) is 1. The molecule has 148 valence electrons. The van der Waals surface area contributed by atoms with Crippen LogP contribution in [0.4, 0.5) is 4.39 Å². The van der Waals surface area contributed by atoms with Crippen LogP contribution in [0.15, 0.2) is 48.5 Å². The van der Waals surface area contributed by atoms with Crippen LogP contribution >= 0.6 is 11.3 Å². The molecule has 3 aromatic rings. The fourth-order valence-electron chi connectivity index (χ4n) is 3.74. The van der Waals surface area contributed by atoms with Crippen molar-refractivity contribution in [2.24, 2.45) is 0 Å². The third-order valence-corrected chi connectivity index (χ3v) is 6.23. The third kappa shape index (κ3) is 4.26. The van der Waals surface area contributed by atoms with Crippen LogP contribution in [0.5, 0.6) is 0 Å². The van der Waals surface area contributed by atoms with Gasteiger partial charge >= 0.3 is 0 Å². The number of aliphatic hydroxyl groups excluding tert-OH is 3. The van der Waals surface area contributed by atoms with Crippen LogP contribution in [0.2, 0.25) is 0 Å². The van der Waals surface area contributed by atoms with Crippen molar-refractivity contribution >= 4 is 21.4 Å². The van der Waals surface area contributed by atoms with Gasteiger partial charge in [0.15, 0.2) is 0 Å². The number of hydrogen-bond acceptors (Lipinski definition) is 5. The lowest BCUT2D eigenvalue weighted by Gasteiger charge is -2.30. The van der Waals surface area contributed by atoms with Gasteiger partial charge in [-0.05, 0) is 40.8 Å². The zero-order valence-corrected chi connectivity index (χ0v) is 16.1. The number of aliphatic hydroxyl groups is 3. The van der Waals surface area contributed by atoms with Crippen LogP contribution in [0, 0.1) is 5.82 Å². The van der Waals surface area contributed by atoms with Crippen LogP contribution in [-0.2, 0) is 11.2 Å². The average molecular weight is 402 g/mol. The quantitative estimate of drug-likeness (QED) is 0.627. The molecule has 0 bridgehead atoms. The number of benzene rings is 2. The van der Waals surface area contributed by atoms with Gasteiger partial charge in [-0.15, -0.1) is 11.3 Å². The van der Waals surface area contributed by atoms with Crippen LogP contribution in [0.3, 0.4) is 0 Å². The van der Waals surface area contributed by atoms with E-state index in [-0.39, 0.29) is 25.3 Å². The Kier molecular flexibility index (Phi) is 5.75. The summed E-state index contributed by atoms with van der Waals surface area (Å²) in [6.45, 7) is 0.0157. The molecule has 6 heteroatoms. The summed E-state index contributed by atoms with van der Waals surface area (Å²) in [5, 5.41) is 31.4. The Hall–Kier alpha value is -1.83. The summed E-state index contributed by atoms with van der Waals surface area (Å²) in [4.78, 5) is 1.06. The first-order valence-electron chi connectivity index (χ1n) is 9.41. The van der Waals surface area contributed by atoms with Gasteiger partial charge in [-0.25, -0.2) is 4.39 Å². The molecule has 4 unspecified atom stereocenters. The molecule has 2 heterocycles. The van der Waals surface area contributed by atoms with Crippen LogP contribution in [0.25, 0.3) is 10.1 Å². The van der Waals surface area contributed by atoms with Crippen molar-refractivity contribution in [2.45, 2.75) is 43.7 Å². The lowest BCUT2D eigenvalue weighted by molar-refractivity contribution is -0.108. The van der Waals surface area contributed by atoms with Crippen molar-refractivity contribution in [2.75, 3.05) is 6.61 Å². The molecule has 0 saturated carbocycles. The van der Waals surface area contributed by atoms with Gasteiger partial charge in [-0.2, -0.15) is 0 Å². The highest BCUT2D eigenvalue weighted by molar-refractivity contribution is 7.19.